The van der Waals surface area contributed by atoms with Crippen LogP contribution in [0, 0.1) is 5.41 Å². The topological polar surface area (TPSA) is 52.5 Å². The van der Waals surface area contributed by atoms with Gasteiger partial charge >= 0.3 is 0 Å². The summed E-state index contributed by atoms with van der Waals surface area (Å²) in [7, 11) is 0. The lowest BCUT2D eigenvalue weighted by Crippen LogP contribution is -2.00. The lowest BCUT2D eigenvalue weighted by atomic mass is 10.0. The molecule has 0 atom stereocenters. The van der Waals surface area contributed by atoms with E-state index in [9.17, 15) is 0 Å². The molecule has 0 bridgehead atoms. The first-order valence-electron chi connectivity index (χ1n) is 7.53. The maximum absolute atomic E-state index is 7.91. The van der Waals surface area contributed by atoms with Crippen molar-refractivity contribution in [1.29, 1.82) is 5.41 Å². The molecule has 1 aromatic heterocycles. The van der Waals surface area contributed by atoms with Gasteiger partial charge in [-0.05, 0) is 29.7 Å². The van der Waals surface area contributed by atoms with Gasteiger partial charge in [0.2, 0.25) is 0 Å². The molecule has 0 saturated carbocycles. The summed E-state index contributed by atoms with van der Waals surface area (Å²) < 4.78 is 0. The lowest BCUT2D eigenvalue weighted by molar-refractivity contribution is 1.11. The number of aromatic nitrogens is 2. The van der Waals surface area contributed by atoms with E-state index in [2.05, 4.69) is 34.5 Å². The van der Waals surface area contributed by atoms with Crippen LogP contribution in [0.4, 0.5) is 0 Å². The van der Waals surface area contributed by atoms with Crippen LogP contribution < -0.4 is 0 Å². The highest BCUT2D eigenvalue weighted by Gasteiger charge is 2.04. The largest absolute Gasteiger partial charge is 0.309 e. The van der Waals surface area contributed by atoms with Crippen molar-refractivity contribution in [2.24, 2.45) is 0 Å². The highest BCUT2D eigenvalue weighted by atomic mass is 15.1. The molecule has 0 spiro atoms. The molecule has 2 N–H and O–H groups in total. The third-order valence-electron chi connectivity index (χ3n) is 3.81. The Kier molecular flexibility index (Phi) is 4.15. The molecular formula is C19H19N3. The minimum atomic E-state index is 0.707. The van der Waals surface area contributed by atoms with Gasteiger partial charge in [-0.1, -0.05) is 55.5 Å². The molecule has 3 nitrogen and oxygen atoms in total. The summed E-state index contributed by atoms with van der Waals surface area (Å²) >= 11 is 0. The first kappa shape index (κ1) is 14.3. The van der Waals surface area contributed by atoms with E-state index in [0.29, 0.717) is 6.42 Å². The van der Waals surface area contributed by atoms with Gasteiger partial charge in [-0.3, -0.25) is 5.10 Å². The van der Waals surface area contributed by atoms with Crippen LogP contribution in [0.1, 0.15) is 30.2 Å². The van der Waals surface area contributed by atoms with Crippen molar-refractivity contribution in [3.05, 3.63) is 65.4 Å². The van der Waals surface area contributed by atoms with Crippen LogP contribution in [0.5, 0.6) is 0 Å². The second kappa shape index (κ2) is 6.39. The summed E-state index contributed by atoms with van der Waals surface area (Å²) in [5, 5.41) is 16.4. The summed E-state index contributed by atoms with van der Waals surface area (Å²) in [4.78, 5) is 0. The van der Waals surface area contributed by atoms with Gasteiger partial charge in [0, 0.05) is 17.5 Å². The second-order valence-corrected chi connectivity index (χ2v) is 5.32. The molecule has 0 aliphatic carbocycles. The Morgan fingerprint density at radius 2 is 1.86 bits per heavy atom. The summed E-state index contributed by atoms with van der Waals surface area (Å²) in [5.74, 6) is 0. The predicted molar refractivity (Wildman–Crippen MR) is 93.2 cm³/mol. The molecule has 0 fully saturated rings. The van der Waals surface area contributed by atoms with Crippen LogP contribution in [0.25, 0.3) is 23.1 Å². The molecule has 2 aromatic carbocycles. The predicted octanol–water partition coefficient (Wildman–Crippen LogP) is 4.71. The first-order valence-corrected chi connectivity index (χ1v) is 7.53. The molecule has 0 radical (unpaired) electrons. The third kappa shape index (κ3) is 2.98. The SMILES string of the molecule is CCC(=N)Cc1ccccc1C=Cc1n[nH]c2ccccc12. The quantitative estimate of drug-likeness (QED) is 0.657. The van der Waals surface area contributed by atoms with Gasteiger partial charge in [-0.25, -0.2) is 0 Å². The average Bonchev–Trinajstić information content (AvgIpc) is 2.97. The normalized spacial score (nSPS) is 11.3. The zero-order valence-electron chi connectivity index (χ0n) is 12.6. The molecule has 1 heterocycles. The minimum absolute atomic E-state index is 0.707. The zero-order valence-corrected chi connectivity index (χ0v) is 12.6. The number of fused-ring (bicyclic) bond motifs is 1. The number of benzene rings is 2. The fourth-order valence-electron chi connectivity index (χ4n) is 2.49. The highest BCUT2D eigenvalue weighted by molar-refractivity contribution is 5.90. The Morgan fingerprint density at radius 1 is 1.09 bits per heavy atom. The van der Waals surface area contributed by atoms with Crippen molar-refractivity contribution in [3.8, 4) is 0 Å². The number of H-pyrrole nitrogens is 1. The van der Waals surface area contributed by atoms with Crippen molar-refractivity contribution in [2.45, 2.75) is 19.8 Å². The van der Waals surface area contributed by atoms with Crippen LogP contribution in [-0.4, -0.2) is 15.9 Å². The minimum Gasteiger partial charge on any atom is -0.309 e. The van der Waals surface area contributed by atoms with Gasteiger partial charge in [0.05, 0.1) is 11.2 Å². The van der Waals surface area contributed by atoms with Gasteiger partial charge in [-0.15, -0.1) is 0 Å². The van der Waals surface area contributed by atoms with Gasteiger partial charge < -0.3 is 5.41 Å². The molecular weight excluding hydrogens is 270 g/mol. The van der Waals surface area contributed by atoms with E-state index in [1.54, 1.807) is 0 Å². The summed E-state index contributed by atoms with van der Waals surface area (Å²) in [6.07, 6.45) is 5.62. The number of nitrogens with zero attached hydrogens (tertiary/aromatic N) is 1. The smallest absolute Gasteiger partial charge is 0.0927 e. The molecule has 3 rings (SSSR count). The van der Waals surface area contributed by atoms with E-state index < -0.39 is 0 Å². The molecule has 3 aromatic rings. The third-order valence-corrected chi connectivity index (χ3v) is 3.81. The van der Waals surface area contributed by atoms with Crippen LogP contribution >= 0.6 is 0 Å². The Hall–Kier alpha value is -2.68. The standard InChI is InChI=1S/C19H19N3/c1-2-16(20)13-15-8-4-3-7-14(15)11-12-19-17-9-5-6-10-18(17)21-22-19/h3-12,20H,2,13H2,1H3,(H,21,22). The summed E-state index contributed by atoms with van der Waals surface area (Å²) in [5.41, 5.74) is 5.07. The van der Waals surface area contributed by atoms with Gasteiger partial charge in [0.25, 0.3) is 0 Å². The van der Waals surface area contributed by atoms with Gasteiger partial charge in [0.15, 0.2) is 0 Å². The van der Waals surface area contributed by atoms with Crippen molar-refractivity contribution in [2.75, 3.05) is 0 Å². The molecule has 0 amide bonds. The summed E-state index contributed by atoms with van der Waals surface area (Å²) in [6, 6.07) is 16.3. The van der Waals surface area contributed by atoms with Crippen molar-refractivity contribution in [3.63, 3.8) is 0 Å². The highest BCUT2D eigenvalue weighted by Crippen LogP contribution is 2.19. The lowest BCUT2D eigenvalue weighted by Gasteiger charge is -2.05. The molecule has 0 saturated heterocycles. The first-order chi connectivity index (χ1) is 10.8. The van der Waals surface area contributed by atoms with Crippen molar-refractivity contribution in [1.82, 2.24) is 10.2 Å². The molecule has 0 aliphatic heterocycles. The van der Waals surface area contributed by atoms with E-state index in [0.717, 1.165) is 34.3 Å². The van der Waals surface area contributed by atoms with Crippen LogP contribution in [-0.2, 0) is 6.42 Å². The zero-order chi connectivity index (χ0) is 15.4. The van der Waals surface area contributed by atoms with Crippen LogP contribution in [0.2, 0.25) is 0 Å². The summed E-state index contributed by atoms with van der Waals surface area (Å²) in [6.45, 7) is 2.02. The molecule has 22 heavy (non-hydrogen) atoms. The van der Waals surface area contributed by atoms with Crippen molar-refractivity contribution >= 4 is 28.8 Å². The number of nitrogens with one attached hydrogen (secondary N) is 2. The van der Waals surface area contributed by atoms with E-state index in [4.69, 9.17) is 5.41 Å². The number of hydrogen-bond donors (Lipinski definition) is 2. The van der Waals surface area contributed by atoms with Gasteiger partial charge in [0.1, 0.15) is 0 Å². The Labute approximate surface area is 130 Å². The van der Waals surface area contributed by atoms with E-state index in [1.807, 2.05) is 43.3 Å². The maximum atomic E-state index is 7.91. The molecule has 3 heteroatoms. The molecule has 0 aliphatic rings. The fraction of sp³-hybridized carbons (Fsp3) is 0.158. The average molecular weight is 289 g/mol. The van der Waals surface area contributed by atoms with Gasteiger partial charge in [-0.2, -0.15) is 5.10 Å². The van der Waals surface area contributed by atoms with E-state index >= 15 is 0 Å². The second-order valence-electron chi connectivity index (χ2n) is 5.32. The van der Waals surface area contributed by atoms with E-state index in [-0.39, 0.29) is 0 Å². The Balaban J connectivity index is 1.91. The Bertz CT molecular complexity index is 827. The van der Waals surface area contributed by atoms with E-state index in [1.165, 1.54) is 5.56 Å². The monoisotopic (exact) mass is 289 g/mol. The number of rotatable bonds is 5. The number of aromatic amines is 1. The van der Waals surface area contributed by atoms with Crippen molar-refractivity contribution < 1.29 is 0 Å². The van der Waals surface area contributed by atoms with Crippen LogP contribution in [0.15, 0.2) is 48.5 Å². The number of hydrogen-bond acceptors (Lipinski definition) is 2. The molecule has 0 unspecified atom stereocenters. The number of para-hydroxylation sites is 1. The fourth-order valence-corrected chi connectivity index (χ4v) is 2.49. The van der Waals surface area contributed by atoms with Crippen LogP contribution in [0.3, 0.4) is 0 Å². The maximum Gasteiger partial charge on any atom is 0.0927 e. The Morgan fingerprint density at radius 3 is 2.73 bits per heavy atom. The molecule has 110 valence electrons.